The van der Waals surface area contributed by atoms with E-state index >= 15 is 0 Å². The Kier molecular flexibility index (Phi) is 10.4. The monoisotopic (exact) mass is 527 g/mol. The molecule has 1 aromatic rings. The Labute approximate surface area is 214 Å². The summed E-state index contributed by atoms with van der Waals surface area (Å²) in [4.78, 5) is 33.4. The molecule has 2 aliphatic rings. The minimum absolute atomic E-state index is 0.0420. The van der Waals surface area contributed by atoms with Crippen LogP contribution >= 0.6 is 11.3 Å². The van der Waals surface area contributed by atoms with Crippen molar-refractivity contribution in [1.29, 1.82) is 0 Å². The first-order valence-corrected chi connectivity index (χ1v) is 15.5. The zero-order valence-electron chi connectivity index (χ0n) is 21.3. The lowest BCUT2D eigenvalue weighted by Gasteiger charge is -2.42. The SMILES string of the molecule is CCN(CC)C(=O)CNCS(=O)(=O)c1cnc(NC(=O)N(C2CCCCC2)[C@H]2CC[C@H](C)CC2)s1. The number of amides is 3. The van der Waals surface area contributed by atoms with Crippen LogP contribution < -0.4 is 10.6 Å². The van der Waals surface area contributed by atoms with E-state index in [1.54, 1.807) is 4.90 Å². The first-order valence-electron chi connectivity index (χ1n) is 13.0. The normalized spacial score (nSPS) is 21.5. The van der Waals surface area contributed by atoms with Crippen LogP contribution in [0, 0.1) is 5.92 Å². The zero-order valence-corrected chi connectivity index (χ0v) is 22.9. The average Bonchev–Trinajstić information content (AvgIpc) is 3.31. The summed E-state index contributed by atoms with van der Waals surface area (Å²) < 4.78 is 25.6. The predicted molar refractivity (Wildman–Crippen MR) is 139 cm³/mol. The summed E-state index contributed by atoms with van der Waals surface area (Å²) >= 11 is 0.960. The number of carbonyl (C=O) groups excluding carboxylic acids is 2. The molecular formula is C24H41N5O4S2. The van der Waals surface area contributed by atoms with Gasteiger partial charge in [0.1, 0.15) is 10.1 Å². The highest BCUT2D eigenvalue weighted by Gasteiger charge is 2.34. The van der Waals surface area contributed by atoms with Crippen molar-refractivity contribution in [2.45, 2.75) is 94.9 Å². The van der Waals surface area contributed by atoms with Crippen LogP contribution in [0.2, 0.25) is 0 Å². The van der Waals surface area contributed by atoms with Gasteiger partial charge in [0, 0.05) is 25.2 Å². The molecule has 0 aromatic carbocycles. The number of carbonyl (C=O) groups is 2. The van der Waals surface area contributed by atoms with E-state index in [0.29, 0.717) is 19.0 Å². The Balaban J connectivity index is 1.62. The van der Waals surface area contributed by atoms with E-state index in [-0.39, 0.29) is 45.8 Å². The van der Waals surface area contributed by atoms with Gasteiger partial charge in [0.2, 0.25) is 15.7 Å². The maximum atomic E-state index is 13.4. The summed E-state index contributed by atoms with van der Waals surface area (Å²) in [6, 6.07) is 0.292. The van der Waals surface area contributed by atoms with Crippen molar-refractivity contribution in [3.8, 4) is 0 Å². The molecule has 3 rings (SSSR count). The first kappa shape index (κ1) is 27.9. The molecule has 2 saturated carbocycles. The first-order chi connectivity index (χ1) is 16.7. The van der Waals surface area contributed by atoms with Gasteiger partial charge in [0.05, 0.1) is 12.7 Å². The molecule has 0 bridgehead atoms. The third-order valence-electron chi connectivity index (χ3n) is 7.27. The molecule has 2 N–H and O–H groups in total. The van der Waals surface area contributed by atoms with Crippen molar-refractivity contribution in [3.05, 3.63) is 6.20 Å². The highest BCUT2D eigenvalue weighted by molar-refractivity contribution is 7.93. The van der Waals surface area contributed by atoms with Gasteiger partial charge in [-0.1, -0.05) is 37.5 Å². The molecule has 9 nitrogen and oxygen atoms in total. The van der Waals surface area contributed by atoms with Crippen LogP contribution in [-0.4, -0.2) is 72.7 Å². The molecule has 2 aliphatic carbocycles. The topological polar surface area (TPSA) is 112 Å². The summed E-state index contributed by atoms with van der Waals surface area (Å²) in [5.74, 6) is 0.205. The lowest BCUT2D eigenvalue weighted by Crippen LogP contribution is -2.51. The van der Waals surface area contributed by atoms with Crippen LogP contribution in [0.15, 0.2) is 10.4 Å². The zero-order chi connectivity index (χ0) is 25.4. The van der Waals surface area contributed by atoms with Crippen molar-refractivity contribution in [2.24, 2.45) is 5.92 Å². The van der Waals surface area contributed by atoms with Gasteiger partial charge in [-0.2, -0.15) is 0 Å². The fourth-order valence-corrected chi connectivity index (χ4v) is 7.37. The van der Waals surface area contributed by atoms with Crippen molar-refractivity contribution >= 4 is 38.2 Å². The number of thiazole rings is 1. The quantitative estimate of drug-likeness (QED) is 0.474. The van der Waals surface area contributed by atoms with Gasteiger partial charge in [-0.25, -0.2) is 18.2 Å². The number of urea groups is 1. The lowest BCUT2D eigenvalue weighted by atomic mass is 9.84. The van der Waals surface area contributed by atoms with E-state index in [0.717, 1.165) is 62.7 Å². The maximum absolute atomic E-state index is 13.4. The molecule has 3 amide bonds. The number of hydrogen-bond acceptors (Lipinski definition) is 7. The molecule has 35 heavy (non-hydrogen) atoms. The standard InChI is InChI=1S/C24H41N5O4S2/c1-4-28(5-2)21(30)15-25-17-35(32,33)22-16-26-23(34-22)27-24(31)29(19-9-7-6-8-10-19)20-13-11-18(3)12-14-20/h16,18-20,25H,4-15,17H2,1-3H3,(H,26,27,31)/t18-,20-. The molecule has 198 valence electrons. The Hall–Kier alpha value is -1.72. The van der Waals surface area contributed by atoms with Gasteiger partial charge in [-0.05, 0) is 58.3 Å². The van der Waals surface area contributed by atoms with Crippen LogP contribution in [0.25, 0.3) is 0 Å². The van der Waals surface area contributed by atoms with Gasteiger partial charge in [0.15, 0.2) is 5.13 Å². The molecule has 0 aliphatic heterocycles. The minimum Gasteiger partial charge on any atom is -0.342 e. The summed E-state index contributed by atoms with van der Waals surface area (Å²) in [6.45, 7) is 7.16. The van der Waals surface area contributed by atoms with Crippen LogP contribution in [0.3, 0.4) is 0 Å². The number of nitrogens with one attached hydrogen (secondary N) is 2. The van der Waals surface area contributed by atoms with E-state index in [4.69, 9.17) is 0 Å². The van der Waals surface area contributed by atoms with Crippen LogP contribution in [-0.2, 0) is 14.6 Å². The average molecular weight is 528 g/mol. The fourth-order valence-electron chi connectivity index (χ4n) is 5.18. The summed E-state index contributed by atoms with van der Waals surface area (Å²) in [7, 11) is -3.67. The van der Waals surface area contributed by atoms with Crippen molar-refractivity contribution in [2.75, 3.05) is 30.8 Å². The number of likely N-dealkylation sites (N-methyl/N-ethyl adjacent to an activating group) is 1. The number of rotatable bonds is 10. The minimum atomic E-state index is -3.67. The van der Waals surface area contributed by atoms with E-state index in [2.05, 4.69) is 22.5 Å². The highest BCUT2D eigenvalue weighted by atomic mass is 32.2. The largest absolute Gasteiger partial charge is 0.342 e. The summed E-state index contributed by atoms with van der Waals surface area (Å²) in [6.07, 6.45) is 11.1. The van der Waals surface area contributed by atoms with Crippen LogP contribution in [0.1, 0.15) is 78.6 Å². The smallest absolute Gasteiger partial charge is 0.324 e. The molecule has 0 unspecified atom stereocenters. The van der Waals surface area contributed by atoms with Crippen molar-refractivity contribution < 1.29 is 18.0 Å². The Morgan fingerprint density at radius 3 is 2.29 bits per heavy atom. The van der Waals surface area contributed by atoms with Gasteiger partial charge in [-0.3, -0.25) is 15.4 Å². The van der Waals surface area contributed by atoms with Gasteiger partial charge >= 0.3 is 6.03 Å². The Bertz CT molecular complexity index is 933. The molecule has 0 radical (unpaired) electrons. The molecular weight excluding hydrogens is 486 g/mol. The second kappa shape index (κ2) is 13.0. The van der Waals surface area contributed by atoms with E-state index in [1.807, 2.05) is 18.7 Å². The van der Waals surface area contributed by atoms with Crippen molar-refractivity contribution in [1.82, 2.24) is 20.1 Å². The second-order valence-corrected chi connectivity index (χ2v) is 13.0. The van der Waals surface area contributed by atoms with Gasteiger partial charge in [-0.15, -0.1) is 0 Å². The van der Waals surface area contributed by atoms with Crippen LogP contribution in [0.5, 0.6) is 0 Å². The second-order valence-electron chi connectivity index (χ2n) is 9.78. The molecule has 2 fully saturated rings. The predicted octanol–water partition coefficient (Wildman–Crippen LogP) is 4.08. The third kappa shape index (κ3) is 7.63. The molecule has 0 atom stereocenters. The third-order valence-corrected chi connectivity index (χ3v) is 10.3. The van der Waals surface area contributed by atoms with E-state index in [1.165, 1.54) is 12.6 Å². The fraction of sp³-hybridized carbons (Fsp3) is 0.792. The lowest BCUT2D eigenvalue weighted by molar-refractivity contribution is -0.129. The number of aromatic nitrogens is 1. The maximum Gasteiger partial charge on any atom is 0.324 e. The van der Waals surface area contributed by atoms with E-state index < -0.39 is 9.84 Å². The number of sulfone groups is 1. The van der Waals surface area contributed by atoms with Gasteiger partial charge in [0.25, 0.3) is 0 Å². The number of hydrogen-bond donors (Lipinski definition) is 2. The molecule has 11 heteroatoms. The highest BCUT2D eigenvalue weighted by Crippen LogP contribution is 2.33. The van der Waals surface area contributed by atoms with E-state index in [9.17, 15) is 18.0 Å². The Morgan fingerprint density at radius 2 is 1.66 bits per heavy atom. The number of nitrogens with zero attached hydrogens (tertiary/aromatic N) is 3. The summed E-state index contributed by atoms with van der Waals surface area (Å²) in [5, 5.41) is 5.92. The molecule has 1 aromatic heterocycles. The molecule has 1 heterocycles. The van der Waals surface area contributed by atoms with Gasteiger partial charge < -0.3 is 9.80 Å². The molecule has 0 spiro atoms. The Morgan fingerprint density at radius 1 is 1.03 bits per heavy atom. The summed E-state index contributed by atoms with van der Waals surface area (Å²) in [5.41, 5.74) is 0. The van der Waals surface area contributed by atoms with Crippen molar-refractivity contribution in [3.63, 3.8) is 0 Å². The number of anilines is 1. The van der Waals surface area contributed by atoms with Crippen LogP contribution in [0.4, 0.5) is 9.93 Å². The molecule has 0 saturated heterocycles.